The number of aliphatic hydroxyl groups is 1. The predicted molar refractivity (Wildman–Crippen MR) is 103 cm³/mol. The molecule has 0 saturated heterocycles. The van der Waals surface area contributed by atoms with Gasteiger partial charge in [-0.2, -0.15) is 0 Å². The Balaban J connectivity index is 1.99. The molecule has 0 aliphatic heterocycles. The quantitative estimate of drug-likeness (QED) is 0.633. The monoisotopic (exact) mass is 392 g/mol. The van der Waals surface area contributed by atoms with Crippen LogP contribution in [0.4, 0.5) is 5.69 Å². The van der Waals surface area contributed by atoms with Crippen molar-refractivity contribution in [2.75, 3.05) is 31.1 Å². The minimum atomic E-state index is -3.65. The van der Waals surface area contributed by atoms with Crippen molar-refractivity contribution in [1.82, 2.24) is 5.32 Å². The van der Waals surface area contributed by atoms with Gasteiger partial charge in [0.2, 0.25) is 0 Å². The summed E-state index contributed by atoms with van der Waals surface area (Å²) < 4.78 is 32.0. The molecule has 7 nitrogen and oxygen atoms in total. The summed E-state index contributed by atoms with van der Waals surface area (Å²) in [4.78, 5) is 11.8. The summed E-state index contributed by atoms with van der Waals surface area (Å²) >= 11 is 0. The van der Waals surface area contributed by atoms with Gasteiger partial charge >= 0.3 is 0 Å². The van der Waals surface area contributed by atoms with Gasteiger partial charge in [0.1, 0.15) is 5.75 Å². The number of aryl methyl sites for hydroxylation is 1. The number of benzene rings is 2. The lowest BCUT2D eigenvalue weighted by Gasteiger charge is -2.20. The molecule has 0 spiro atoms. The van der Waals surface area contributed by atoms with Crippen LogP contribution in [0, 0.1) is 6.92 Å². The van der Waals surface area contributed by atoms with Crippen molar-refractivity contribution >= 4 is 21.6 Å². The number of hydrogen-bond donors (Lipinski definition) is 2. The summed E-state index contributed by atoms with van der Waals surface area (Å²) in [7, 11) is -2.17. The lowest BCUT2D eigenvalue weighted by Crippen LogP contribution is -2.30. The molecule has 0 heterocycles. The first-order valence-corrected chi connectivity index (χ1v) is 9.94. The minimum absolute atomic E-state index is 0.0155. The molecule has 0 aromatic heterocycles. The molecule has 0 radical (unpaired) electrons. The van der Waals surface area contributed by atoms with Crippen LogP contribution in [0.1, 0.15) is 12.0 Å². The third-order valence-electron chi connectivity index (χ3n) is 3.91. The molecule has 8 heteroatoms. The fraction of sp³-hybridized carbons (Fsp3) is 0.316. The maximum atomic E-state index is 12.7. The highest BCUT2D eigenvalue weighted by molar-refractivity contribution is 7.92. The van der Waals surface area contributed by atoms with Crippen molar-refractivity contribution in [3.8, 4) is 5.75 Å². The molecule has 1 amide bonds. The number of rotatable bonds is 9. The number of aliphatic hydroxyl groups excluding tert-OH is 1. The molecular weight excluding hydrogens is 368 g/mol. The summed E-state index contributed by atoms with van der Waals surface area (Å²) in [6.07, 6.45) is 0.488. The first-order chi connectivity index (χ1) is 12.8. The highest BCUT2D eigenvalue weighted by atomic mass is 32.2. The van der Waals surface area contributed by atoms with Crippen LogP contribution in [0.2, 0.25) is 0 Å². The van der Waals surface area contributed by atoms with Crippen molar-refractivity contribution in [1.29, 1.82) is 0 Å². The number of ether oxygens (including phenoxy) is 1. The minimum Gasteiger partial charge on any atom is -0.484 e. The molecule has 0 aliphatic carbocycles. The summed E-state index contributed by atoms with van der Waals surface area (Å²) in [5.41, 5.74) is 1.47. The van der Waals surface area contributed by atoms with E-state index >= 15 is 0 Å². The maximum absolute atomic E-state index is 12.7. The van der Waals surface area contributed by atoms with Gasteiger partial charge in [-0.05, 0) is 49.7 Å². The van der Waals surface area contributed by atoms with Crippen LogP contribution in [-0.4, -0.2) is 46.2 Å². The number of carbonyl (C=O) groups is 1. The molecule has 0 fully saturated rings. The first-order valence-electron chi connectivity index (χ1n) is 8.50. The van der Waals surface area contributed by atoms with Crippen LogP contribution in [0.3, 0.4) is 0 Å². The van der Waals surface area contributed by atoms with Gasteiger partial charge in [0.25, 0.3) is 15.9 Å². The molecule has 2 aromatic carbocycles. The van der Waals surface area contributed by atoms with E-state index in [0.717, 1.165) is 5.56 Å². The second-order valence-corrected chi connectivity index (χ2v) is 7.96. The first kappa shape index (κ1) is 20.7. The molecule has 0 atom stereocenters. The summed E-state index contributed by atoms with van der Waals surface area (Å²) in [6.45, 7) is 2.15. The van der Waals surface area contributed by atoms with E-state index in [1.54, 1.807) is 48.5 Å². The van der Waals surface area contributed by atoms with Gasteiger partial charge in [-0.3, -0.25) is 9.10 Å². The number of nitrogens with zero attached hydrogens (tertiary/aromatic N) is 1. The Kier molecular flexibility index (Phi) is 7.20. The lowest BCUT2D eigenvalue weighted by atomic mass is 10.2. The predicted octanol–water partition coefficient (Wildman–Crippen LogP) is 1.70. The van der Waals surface area contributed by atoms with E-state index in [0.29, 0.717) is 24.4 Å². The van der Waals surface area contributed by atoms with Crippen molar-refractivity contribution in [3.05, 3.63) is 54.1 Å². The molecule has 2 rings (SSSR count). The van der Waals surface area contributed by atoms with Gasteiger partial charge in [0.15, 0.2) is 6.61 Å². The van der Waals surface area contributed by atoms with E-state index in [4.69, 9.17) is 9.84 Å². The number of hydrogen-bond acceptors (Lipinski definition) is 5. The maximum Gasteiger partial charge on any atom is 0.264 e. The second kappa shape index (κ2) is 9.38. The number of carbonyl (C=O) groups excluding carboxylic acids is 1. The number of nitrogens with one attached hydrogen (secondary N) is 1. The molecular formula is C19H24N2O5S. The molecule has 146 valence electrons. The number of anilines is 1. The SMILES string of the molecule is Cc1ccc(S(=O)(=O)N(C)c2ccc(OCC(=O)NCCCO)cc2)cc1. The van der Waals surface area contributed by atoms with Crippen molar-refractivity contribution in [3.63, 3.8) is 0 Å². The third-order valence-corrected chi connectivity index (χ3v) is 5.71. The fourth-order valence-corrected chi connectivity index (χ4v) is 3.46. The van der Waals surface area contributed by atoms with E-state index in [1.807, 2.05) is 6.92 Å². The Bertz CT molecular complexity index is 849. The van der Waals surface area contributed by atoms with E-state index in [1.165, 1.54) is 11.4 Å². The summed E-state index contributed by atoms with van der Waals surface area (Å²) in [6, 6.07) is 13.1. The van der Waals surface area contributed by atoms with E-state index < -0.39 is 10.0 Å². The number of amides is 1. The van der Waals surface area contributed by atoms with Crippen molar-refractivity contribution in [2.45, 2.75) is 18.2 Å². The molecule has 0 bridgehead atoms. The topological polar surface area (TPSA) is 95.9 Å². The van der Waals surface area contributed by atoms with Gasteiger partial charge < -0.3 is 15.2 Å². The van der Waals surface area contributed by atoms with Crippen LogP contribution in [0.5, 0.6) is 5.75 Å². The van der Waals surface area contributed by atoms with Crippen LogP contribution >= 0.6 is 0 Å². The molecule has 0 unspecified atom stereocenters. The highest BCUT2D eigenvalue weighted by Gasteiger charge is 2.21. The van der Waals surface area contributed by atoms with Gasteiger partial charge in [-0.15, -0.1) is 0 Å². The van der Waals surface area contributed by atoms with E-state index in [2.05, 4.69) is 5.32 Å². The second-order valence-electron chi connectivity index (χ2n) is 6.00. The van der Waals surface area contributed by atoms with Crippen LogP contribution in [0.25, 0.3) is 0 Å². The van der Waals surface area contributed by atoms with E-state index in [-0.39, 0.29) is 24.0 Å². The van der Waals surface area contributed by atoms with Gasteiger partial charge in [-0.25, -0.2) is 8.42 Å². The smallest absolute Gasteiger partial charge is 0.264 e. The number of sulfonamides is 1. The van der Waals surface area contributed by atoms with Crippen molar-refractivity contribution in [2.24, 2.45) is 0 Å². The van der Waals surface area contributed by atoms with Gasteiger partial charge in [0, 0.05) is 20.2 Å². The van der Waals surface area contributed by atoms with Crippen molar-refractivity contribution < 1.29 is 23.1 Å². The average molecular weight is 392 g/mol. The molecule has 0 saturated carbocycles. The Morgan fingerprint density at radius 2 is 1.74 bits per heavy atom. The lowest BCUT2D eigenvalue weighted by molar-refractivity contribution is -0.123. The Labute approximate surface area is 159 Å². The van der Waals surface area contributed by atoms with Crippen LogP contribution < -0.4 is 14.4 Å². The van der Waals surface area contributed by atoms with E-state index in [9.17, 15) is 13.2 Å². The zero-order chi connectivity index (χ0) is 19.9. The molecule has 2 N–H and O–H groups in total. The zero-order valence-corrected chi connectivity index (χ0v) is 16.2. The largest absolute Gasteiger partial charge is 0.484 e. The van der Waals surface area contributed by atoms with Crippen LogP contribution in [0.15, 0.2) is 53.4 Å². The summed E-state index contributed by atoms with van der Waals surface area (Å²) in [5.74, 6) is 0.170. The summed E-state index contributed by atoms with van der Waals surface area (Å²) in [5, 5.41) is 11.3. The van der Waals surface area contributed by atoms with Crippen LogP contribution in [-0.2, 0) is 14.8 Å². The highest BCUT2D eigenvalue weighted by Crippen LogP contribution is 2.24. The zero-order valence-electron chi connectivity index (χ0n) is 15.4. The fourth-order valence-electron chi connectivity index (χ4n) is 2.27. The molecule has 0 aliphatic rings. The third kappa shape index (κ3) is 5.70. The average Bonchev–Trinajstić information content (AvgIpc) is 2.67. The normalized spacial score (nSPS) is 11.1. The Morgan fingerprint density at radius 1 is 1.11 bits per heavy atom. The molecule has 2 aromatic rings. The molecule has 27 heavy (non-hydrogen) atoms. The Hall–Kier alpha value is -2.58. The van der Waals surface area contributed by atoms with Gasteiger partial charge in [-0.1, -0.05) is 17.7 Å². The standard InChI is InChI=1S/C19H24N2O5S/c1-15-4-10-18(11-5-15)27(24,25)21(2)16-6-8-17(9-7-16)26-14-19(23)20-12-3-13-22/h4-11,22H,3,12-14H2,1-2H3,(H,20,23). The Morgan fingerprint density at radius 3 is 2.33 bits per heavy atom. The van der Waals surface area contributed by atoms with Gasteiger partial charge in [0.05, 0.1) is 10.6 Å².